The van der Waals surface area contributed by atoms with Gasteiger partial charge in [-0.3, -0.25) is 8.98 Å². The van der Waals surface area contributed by atoms with Gasteiger partial charge < -0.3 is 5.73 Å². The fourth-order valence-electron chi connectivity index (χ4n) is 2.60. The predicted octanol–water partition coefficient (Wildman–Crippen LogP) is 2.78. The average Bonchev–Trinajstić information content (AvgIpc) is 2.49. The second kappa shape index (κ2) is 7.72. The Labute approximate surface area is 142 Å². The molecule has 0 aliphatic carbocycles. The summed E-state index contributed by atoms with van der Waals surface area (Å²) in [6, 6.07) is 9.02. The van der Waals surface area contributed by atoms with Gasteiger partial charge in [0.1, 0.15) is 5.82 Å². The highest BCUT2D eigenvalue weighted by Crippen LogP contribution is 2.23. The van der Waals surface area contributed by atoms with E-state index in [1.54, 1.807) is 6.07 Å². The topological polar surface area (TPSA) is 99.4 Å². The molecular weight excluding hydrogens is 328 g/mol. The van der Waals surface area contributed by atoms with Crippen LogP contribution in [-0.4, -0.2) is 32.0 Å². The summed E-state index contributed by atoms with van der Waals surface area (Å²) in [5.41, 5.74) is 7.08. The molecule has 0 spiro atoms. The molecule has 1 atom stereocenters. The van der Waals surface area contributed by atoms with Crippen LogP contribution in [0.4, 0.5) is 5.82 Å². The first-order chi connectivity index (χ1) is 11.3. The number of nitrogen functional groups attached to an aromatic ring is 1. The van der Waals surface area contributed by atoms with E-state index < -0.39 is 10.1 Å². The molecule has 6 nitrogen and oxygen atoms in total. The molecule has 2 aromatic rings. The fraction of sp³-hybridized carbons (Fsp3) is 0.412. The number of para-hydroxylation sites is 1. The van der Waals surface area contributed by atoms with Gasteiger partial charge in [-0.25, -0.2) is 4.98 Å². The van der Waals surface area contributed by atoms with Crippen LogP contribution in [0.15, 0.2) is 30.3 Å². The maximum atomic E-state index is 12.6. The summed E-state index contributed by atoms with van der Waals surface area (Å²) in [5.74, 6) is 0.455. The van der Waals surface area contributed by atoms with Crippen molar-refractivity contribution in [2.75, 3.05) is 18.6 Å². The minimum atomic E-state index is -3.40. The highest BCUT2D eigenvalue weighted by atomic mass is 32.2. The highest BCUT2D eigenvalue weighted by Gasteiger charge is 2.15. The van der Waals surface area contributed by atoms with Gasteiger partial charge in [-0.1, -0.05) is 25.1 Å². The lowest BCUT2D eigenvalue weighted by Gasteiger charge is -2.12. The normalized spacial score (nSPS) is 13.1. The maximum Gasteiger partial charge on any atom is 0.264 e. The third-order valence-electron chi connectivity index (χ3n) is 3.71. The summed E-state index contributed by atoms with van der Waals surface area (Å²) in [5, 5.41) is 0.796. The van der Waals surface area contributed by atoms with Crippen LogP contribution < -0.4 is 5.73 Å². The quantitative estimate of drug-likeness (QED) is 0.446. The molecule has 0 radical (unpaired) electrons. The molecule has 7 heteroatoms. The van der Waals surface area contributed by atoms with E-state index in [0.29, 0.717) is 36.2 Å². The number of carbonyl (C=O) groups excluding carboxylic acids is 1. The van der Waals surface area contributed by atoms with Gasteiger partial charge in [0.05, 0.1) is 18.4 Å². The SMILES string of the molecule is CC(CCCOS(C)(=O)=O)CC(=O)c1cc(N)nc2ccccc12. The number of rotatable bonds is 8. The number of ketones is 1. The van der Waals surface area contributed by atoms with E-state index in [9.17, 15) is 13.2 Å². The Morgan fingerprint density at radius 1 is 1.33 bits per heavy atom. The molecule has 2 N–H and O–H groups in total. The lowest BCUT2D eigenvalue weighted by Crippen LogP contribution is -2.10. The van der Waals surface area contributed by atoms with Crippen molar-refractivity contribution in [3.8, 4) is 0 Å². The lowest BCUT2D eigenvalue weighted by molar-refractivity contribution is 0.0962. The van der Waals surface area contributed by atoms with Crippen LogP contribution in [0.2, 0.25) is 0 Å². The van der Waals surface area contributed by atoms with Crippen LogP contribution in [0.25, 0.3) is 10.9 Å². The second-order valence-electron chi connectivity index (χ2n) is 6.01. The second-order valence-corrected chi connectivity index (χ2v) is 7.66. The molecule has 1 unspecified atom stereocenters. The molecule has 1 aromatic carbocycles. The third kappa shape index (κ3) is 5.28. The molecule has 0 aliphatic heterocycles. The van der Waals surface area contributed by atoms with Crippen molar-refractivity contribution in [3.05, 3.63) is 35.9 Å². The van der Waals surface area contributed by atoms with Crippen molar-refractivity contribution < 1.29 is 17.4 Å². The van der Waals surface area contributed by atoms with Gasteiger partial charge in [0, 0.05) is 17.4 Å². The highest BCUT2D eigenvalue weighted by molar-refractivity contribution is 7.85. The molecule has 1 heterocycles. The van der Waals surface area contributed by atoms with Crippen molar-refractivity contribution >= 4 is 32.6 Å². The number of Topliss-reactive ketones (excluding diaryl/α,β-unsaturated/α-hetero) is 1. The van der Waals surface area contributed by atoms with Crippen LogP contribution >= 0.6 is 0 Å². The van der Waals surface area contributed by atoms with Crippen LogP contribution in [0.5, 0.6) is 0 Å². The number of aromatic nitrogens is 1. The van der Waals surface area contributed by atoms with E-state index in [1.807, 2.05) is 31.2 Å². The Hall–Kier alpha value is -1.99. The van der Waals surface area contributed by atoms with Crippen molar-refractivity contribution in [1.29, 1.82) is 0 Å². The molecule has 0 aliphatic rings. The van der Waals surface area contributed by atoms with Gasteiger partial charge >= 0.3 is 0 Å². The number of anilines is 1. The first-order valence-electron chi connectivity index (χ1n) is 7.79. The van der Waals surface area contributed by atoms with Gasteiger partial charge in [-0.05, 0) is 30.9 Å². The number of pyridine rings is 1. The van der Waals surface area contributed by atoms with Gasteiger partial charge in [-0.2, -0.15) is 8.42 Å². The average molecular weight is 350 g/mol. The summed E-state index contributed by atoms with van der Waals surface area (Å²) < 4.78 is 26.5. The molecule has 1 aromatic heterocycles. The number of carbonyl (C=O) groups is 1. The van der Waals surface area contributed by atoms with Gasteiger partial charge in [0.2, 0.25) is 0 Å². The molecule has 0 amide bonds. The number of benzene rings is 1. The zero-order chi connectivity index (χ0) is 17.7. The van der Waals surface area contributed by atoms with E-state index in [2.05, 4.69) is 4.98 Å². The number of nitrogens with zero attached hydrogens (tertiary/aromatic N) is 1. The standard InChI is InChI=1S/C17H22N2O4S/c1-12(6-5-9-23-24(2,21)22)10-16(20)14-11-17(18)19-15-8-4-3-7-13(14)15/h3-4,7-8,11-12H,5-6,9-10H2,1-2H3,(H2,18,19). The minimum Gasteiger partial charge on any atom is -0.384 e. The predicted molar refractivity (Wildman–Crippen MR) is 94.3 cm³/mol. The molecular formula is C17H22N2O4S. The number of nitrogens with two attached hydrogens (primary N) is 1. The van der Waals surface area contributed by atoms with Crippen molar-refractivity contribution in [3.63, 3.8) is 0 Å². The molecule has 130 valence electrons. The summed E-state index contributed by atoms with van der Waals surface area (Å²) in [4.78, 5) is 16.8. The summed E-state index contributed by atoms with van der Waals surface area (Å²) in [7, 11) is -3.40. The van der Waals surface area contributed by atoms with Crippen LogP contribution in [0, 0.1) is 5.92 Å². The summed E-state index contributed by atoms with van der Waals surface area (Å²) in [6.07, 6.45) is 2.69. The molecule has 0 saturated heterocycles. The molecule has 0 bridgehead atoms. The molecule has 2 rings (SSSR count). The number of hydrogen-bond acceptors (Lipinski definition) is 6. The van der Waals surface area contributed by atoms with Gasteiger partial charge in [0.15, 0.2) is 5.78 Å². The van der Waals surface area contributed by atoms with Crippen molar-refractivity contribution in [2.24, 2.45) is 5.92 Å². The Bertz CT molecular complexity index is 834. The largest absolute Gasteiger partial charge is 0.384 e. The summed E-state index contributed by atoms with van der Waals surface area (Å²) >= 11 is 0. The van der Waals surface area contributed by atoms with Crippen LogP contribution in [0.3, 0.4) is 0 Å². The Morgan fingerprint density at radius 2 is 2.04 bits per heavy atom. The third-order valence-corrected chi connectivity index (χ3v) is 4.30. The van der Waals surface area contributed by atoms with E-state index in [0.717, 1.165) is 11.6 Å². The molecule has 24 heavy (non-hydrogen) atoms. The fourth-order valence-corrected chi connectivity index (χ4v) is 3.02. The van der Waals surface area contributed by atoms with Gasteiger partial charge in [-0.15, -0.1) is 0 Å². The first-order valence-corrected chi connectivity index (χ1v) is 9.61. The minimum absolute atomic E-state index is 0.0110. The van der Waals surface area contributed by atoms with E-state index in [-0.39, 0.29) is 18.3 Å². The summed E-state index contributed by atoms with van der Waals surface area (Å²) in [6.45, 7) is 2.10. The van der Waals surface area contributed by atoms with E-state index in [4.69, 9.17) is 9.92 Å². The van der Waals surface area contributed by atoms with Crippen molar-refractivity contribution in [1.82, 2.24) is 4.98 Å². The van der Waals surface area contributed by atoms with E-state index in [1.165, 1.54) is 0 Å². The Morgan fingerprint density at radius 3 is 2.75 bits per heavy atom. The first kappa shape index (κ1) is 18.4. The lowest BCUT2D eigenvalue weighted by atomic mass is 9.94. The smallest absolute Gasteiger partial charge is 0.264 e. The zero-order valence-electron chi connectivity index (χ0n) is 13.9. The zero-order valence-corrected chi connectivity index (χ0v) is 14.7. The monoisotopic (exact) mass is 350 g/mol. The Kier molecular flexibility index (Phi) is 5.90. The van der Waals surface area contributed by atoms with E-state index >= 15 is 0 Å². The van der Waals surface area contributed by atoms with Crippen molar-refractivity contribution in [2.45, 2.75) is 26.2 Å². The molecule has 0 fully saturated rings. The maximum absolute atomic E-state index is 12.6. The Balaban J connectivity index is 2.00. The van der Waals surface area contributed by atoms with Gasteiger partial charge in [0.25, 0.3) is 10.1 Å². The van der Waals surface area contributed by atoms with Crippen LogP contribution in [0.1, 0.15) is 36.5 Å². The number of fused-ring (bicyclic) bond motifs is 1. The molecule has 0 saturated carbocycles. The van der Waals surface area contributed by atoms with Crippen LogP contribution in [-0.2, 0) is 14.3 Å². The number of hydrogen-bond donors (Lipinski definition) is 1.